The number of ether oxygens (including phenoxy) is 1. The second-order valence-electron chi connectivity index (χ2n) is 8.20. The van der Waals surface area contributed by atoms with E-state index in [0.29, 0.717) is 40.1 Å². The van der Waals surface area contributed by atoms with E-state index >= 15 is 0 Å². The molecular weight excluding hydrogens is 529 g/mol. The Morgan fingerprint density at radius 3 is 2.51 bits per heavy atom. The maximum Gasteiger partial charge on any atom is 0.264 e. The Balaban J connectivity index is 1.58. The molecule has 0 aliphatic carbocycles. The van der Waals surface area contributed by atoms with Crippen molar-refractivity contribution in [1.82, 2.24) is 5.32 Å². The monoisotopic (exact) mass is 551 g/mol. The number of anilines is 1. The highest BCUT2D eigenvalue weighted by atomic mass is 35.5. The largest absolute Gasteiger partial charge is 0.497 e. The standard InChI is InChI=1S/C28H23Cl2N3O3S/c1-36-22-10-7-18(8-11-22)13-14-32-26(34)23(17-31)28-33(21-5-3-2-4-6-21)27(35)25(37-28)16-19-15-20(29)9-12-24(19)30/h2-12,15,25H,13-14,16H2,1H3,(H,32,34)/b28-23+. The van der Waals surface area contributed by atoms with E-state index in [1.807, 2.05) is 36.4 Å². The highest BCUT2D eigenvalue weighted by molar-refractivity contribution is 8.05. The van der Waals surface area contributed by atoms with Gasteiger partial charge >= 0.3 is 0 Å². The van der Waals surface area contributed by atoms with Crippen LogP contribution < -0.4 is 15.0 Å². The van der Waals surface area contributed by atoms with Crippen LogP contribution in [0, 0.1) is 11.3 Å². The lowest BCUT2D eigenvalue weighted by Gasteiger charge is -2.18. The van der Waals surface area contributed by atoms with Crippen molar-refractivity contribution in [3.63, 3.8) is 0 Å². The summed E-state index contributed by atoms with van der Waals surface area (Å²) in [6.45, 7) is 0.328. The van der Waals surface area contributed by atoms with E-state index in [9.17, 15) is 14.9 Å². The highest BCUT2D eigenvalue weighted by Gasteiger charge is 2.41. The zero-order chi connectivity index (χ0) is 26.4. The molecule has 0 saturated carbocycles. The van der Waals surface area contributed by atoms with E-state index in [2.05, 4.69) is 5.32 Å². The smallest absolute Gasteiger partial charge is 0.264 e. The number of amides is 2. The molecule has 0 radical (unpaired) electrons. The van der Waals surface area contributed by atoms with Gasteiger partial charge in [0.1, 0.15) is 22.4 Å². The van der Waals surface area contributed by atoms with E-state index < -0.39 is 11.2 Å². The van der Waals surface area contributed by atoms with Crippen molar-refractivity contribution in [1.29, 1.82) is 5.26 Å². The molecule has 1 N–H and O–H groups in total. The molecule has 188 valence electrons. The minimum Gasteiger partial charge on any atom is -0.497 e. The molecule has 1 saturated heterocycles. The van der Waals surface area contributed by atoms with Gasteiger partial charge in [0.15, 0.2) is 0 Å². The molecule has 1 atom stereocenters. The van der Waals surface area contributed by atoms with Crippen LogP contribution in [-0.2, 0) is 22.4 Å². The van der Waals surface area contributed by atoms with Gasteiger partial charge < -0.3 is 10.1 Å². The minimum atomic E-state index is -0.582. The van der Waals surface area contributed by atoms with Crippen LogP contribution in [0.15, 0.2) is 83.4 Å². The Hall–Kier alpha value is -3.44. The SMILES string of the molecule is COc1ccc(CCNC(=O)/C(C#N)=C2/SC(Cc3cc(Cl)ccc3Cl)C(=O)N2c2ccccc2)cc1. The van der Waals surface area contributed by atoms with Gasteiger partial charge in [-0.2, -0.15) is 5.26 Å². The first-order valence-corrected chi connectivity index (χ1v) is 13.1. The number of rotatable bonds is 8. The predicted octanol–water partition coefficient (Wildman–Crippen LogP) is 5.79. The third-order valence-electron chi connectivity index (χ3n) is 5.79. The topological polar surface area (TPSA) is 82.4 Å². The van der Waals surface area contributed by atoms with Crippen LogP contribution in [-0.4, -0.2) is 30.7 Å². The van der Waals surface area contributed by atoms with Gasteiger partial charge in [-0.1, -0.05) is 65.3 Å². The summed E-state index contributed by atoms with van der Waals surface area (Å²) in [7, 11) is 1.60. The van der Waals surface area contributed by atoms with Gasteiger partial charge in [0.05, 0.1) is 12.4 Å². The third-order valence-corrected chi connectivity index (χ3v) is 7.66. The molecule has 9 heteroatoms. The average molecular weight is 552 g/mol. The molecule has 37 heavy (non-hydrogen) atoms. The number of nitrogens with one attached hydrogen (secondary N) is 1. The Kier molecular flexibility index (Phi) is 8.78. The summed E-state index contributed by atoms with van der Waals surface area (Å²) in [6, 6.07) is 23.6. The number of methoxy groups -OCH3 is 1. The van der Waals surface area contributed by atoms with Crippen LogP contribution >= 0.6 is 35.0 Å². The molecule has 1 heterocycles. The number of hydrogen-bond donors (Lipinski definition) is 1. The number of para-hydroxylation sites is 1. The van der Waals surface area contributed by atoms with E-state index in [4.69, 9.17) is 27.9 Å². The summed E-state index contributed by atoms with van der Waals surface area (Å²) in [4.78, 5) is 28.1. The molecule has 1 unspecified atom stereocenters. The Labute approximate surface area is 229 Å². The van der Waals surface area contributed by atoms with Gasteiger partial charge in [-0.15, -0.1) is 0 Å². The lowest BCUT2D eigenvalue weighted by molar-refractivity contribution is -0.117. The van der Waals surface area contributed by atoms with Crippen molar-refractivity contribution >= 4 is 52.5 Å². The second-order valence-corrected chi connectivity index (χ2v) is 10.2. The van der Waals surface area contributed by atoms with Crippen molar-refractivity contribution in [2.75, 3.05) is 18.6 Å². The maximum atomic E-state index is 13.6. The molecule has 1 aliphatic rings. The van der Waals surface area contributed by atoms with Crippen molar-refractivity contribution in [3.05, 3.63) is 105 Å². The Bertz CT molecular complexity index is 1370. The summed E-state index contributed by atoms with van der Waals surface area (Å²) >= 11 is 13.7. The first kappa shape index (κ1) is 26.6. The molecule has 1 aliphatic heterocycles. The molecule has 4 rings (SSSR count). The molecule has 0 spiro atoms. The Morgan fingerprint density at radius 1 is 1.11 bits per heavy atom. The molecule has 6 nitrogen and oxygen atoms in total. The van der Waals surface area contributed by atoms with Crippen LogP contribution in [0.5, 0.6) is 5.75 Å². The molecule has 3 aromatic carbocycles. The van der Waals surface area contributed by atoms with E-state index in [-0.39, 0.29) is 11.5 Å². The van der Waals surface area contributed by atoms with Gasteiger partial charge in [0.2, 0.25) is 5.91 Å². The van der Waals surface area contributed by atoms with Crippen LogP contribution in [0.2, 0.25) is 10.0 Å². The van der Waals surface area contributed by atoms with E-state index in [0.717, 1.165) is 16.9 Å². The van der Waals surface area contributed by atoms with Crippen molar-refractivity contribution in [2.45, 2.75) is 18.1 Å². The third kappa shape index (κ3) is 6.28. The van der Waals surface area contributed by atoms with Crippen molar-refractivity contribution < 1.29 is 14.3 Å². The fraction of sp³-hybridized carbons (Fsp3) is 0.179. The Morgan fingerprint density at radius 2 is 1.84 bits per heavy atom. The van der Waals surface area contributed by atoms with Crippen molar-refractivity contribution in [3.8, 4) is 11.8 Å². The summed E-state index contributed by atoms with van der Waals surface area (Å²) in [5.41, 5.74) is 2.20. The fourth-order valence-corrected chi connectivity index (χ4v) is 5.58. The molecule has 0 aromatic heterocycles. The first-order valence-electron chi connectivity index (χ1n) is 11.5. The zero-order valence-corrected chi connectivity index (χ0v) is 22.2. The van der Waals surface area contributed by atoms with E-state index in [1.54, 1.807) is 49.6 Å². The first-order chi connectivity index (χ1) is 17.9. The zero-order valence-electron chi connectivity index (χ0n) is 19.9. The summed E-state index contributed by atoms with van der Waals surface area (Å²) in [5.74, 6) is -0.0171. The number of nitriles is 1. The number of hydrogen-bond acceptors (Lipinski definition) is 5. The average Bonchev–Trinajstić information content (AvgIpc) is 3.22. The quantitative estimate of drug-likeness (QED) is 0.283. The minimum absolute atomic E-state index is 0.114. The van der Waals surface area contributed by atoms with E-state index in [1.165, 1.54) is 16.7 Å². The number of halogens is 2. The van der Waals surface area contributed by atoms with Crippen LogP contribution in [0.3, 0.4) is 0 Å². The molecule has 0 bridgehead atoms. The normalized spacial score (nSPS) is 16.3. The van der Waals surface area contributed by atoms with Crippen molar-refractivity contribution in [2.24, 2.45) is 0 Å². The fourth-order valence-electron chi connectivity index (χ4n) is 3.90. The summed E-state index contributed by atoms with van der Waals surface area (Å²) < 4.78 is 5.17. The van der Waals surface area contributed by atoms with Crippen LogP contribution in [0.25, 0.3) is 0 Å². The number of thioether (sulfide) groups is 1. The van der Waals surface area contributed by atoms with Crippen LogP contribution in [0.1, 0.15) is 11.1 Å². The van der Waals surface area contributed by atoms with Gasteiger partial charge in [-0.25, -0.2) is 0 Å². The summed E-state index contributed by atoms with van der Waals surface area (Å²) in [5, 5.41) is 13.5. The summed E-state index contributed by atoms with van der Waals surface area (Å²) in [6.07, 6.45) is 0.877. The van der Waals surface area contributed by atoms with Crippen LogP contribution in [0.4, 0.5) is 5.69 Å². The lowest BCUT2D eigenvalue weighted by atomic mass is 10.1. The molecule has 1 fully saturated rings. The molecule has 3 aromatic rings. The number of nitrogens with zero attached hydrogens (tertiary/aromatic N) is 2. The molecule has 2 amide bonds. The van der Waals surface area contributed by atoms with Gasteiger partial charge in [-0.05, 0) is 66.4 Å². The van der Waals surface area contributed by atoms with Gasteiger partial charge in [-0.3, -0.25) is 14.5 Å². The molecular formula is C28H23Cl2N3O3S. The number of carbonyl (C=O) groups excluding carboxylic acids is 2. The lowest BCUT2D eigenvalue weighted by Crippen LogP contribution is -2.32. The maximum absolute atomic E-state index is 13.6. The number of benzene rings is 3. The highest BCUT2D eigenvalue weighted by Crippen LogP contribution is 2.42. The van der Waals surface area contributed by atoms with Gasteiger partial charge in [0.25, 0.3) is 5.91 Å². The number of carbonyl (C=O) groups is 2. The predicted molar refractivity (Wildman–Crippen MR) is 148 cm³/mol. The second kappa shape index (κ2) is 12.2. The van der Waals surface area contributed by atoms with Gasteiger partial charge in [0, 0.05) is 22.3 Å².